The van der Waals surface area contributed by atoms with E-state index in [1.54, 1.807) is 10.9 Å². The van der Waals surface area contributed by atoms with Crippen LogP contribution in [-0.2, 0) is 16.0 Å². The molecule has 0 fully saturated rings. The number of ether oxygens (including phenoxy) is 2. The number of hydrogen-bond acceptors (Lipinski definition) is 4. The van der Waals surface area contributed by atoms with Gasteiger partial charge >= 0.3 is 0 Å². The van der Waals surface area contributed by atoms with Crippen molar-refractivity contribution in [3.05, 3.63) is 11.2 Å². The molecule has 86 valence electrons. The molecular formula is C9H16ClN3O2. The molecule has 0 saturated heterocycles. The number of hydrogen-bond donors (Lipinski definition) is 1. The van der Waals surface area contributed by atoms with Crippen molar-refractivity contribution < 1.29 is 9.47 Å². The number of nitrogens with two attached hydrogens (primary N) is 1. The standard InChI is InChI=1S/C9H16ClN3O2/c1-2-14-5-6-15-4-3-13-7-8(10)9(11)12-13/h7H,2-6H2,1H3,(H2,11,12). The molecule has 1 rings (SSSR count). The minimum atomic E-state index is 0.353. The fraction of sp³-hybridized carbons (Fsp3) is 0.667. The fourth-order valence-corrected chi connectivity index (χ4v) is 1.20. The molecule has 0 aliphatic heterocycles. The second kappa shape index (κ2) is 6.66. The second-order valence-electron chi connectivity index (χ2n) is 2.93. The molecule has 6 heteroatoms. The van der Waals surface area contributed by atoms with Crippen molar-refractivity contribution in [2.24, 2.45) is 0 Å². The predicted molar refractivity (Wildman–Crippen MR) is 59.0 cm³/mol. The number of halogens is 1. The Bertz CT molecular complexity index is 271. The first-order chi connectivity index (χ1) is 7.24. The van der Waals surface area contributed by atoms with Gasteiger partial charge in [-0.15, -0.1) is 0 Å². The summed E-state index contributed by atoms with van der Waals surface area (Å²) in [7, 11) is 0. The molecule has 0 aliphatic rings. The van der Waals surface area contributed by atoms with E-state index in [2.05, 4.69) is 5.10 Å². The third-order valence-corrected chi connectivity index (χ3v) is 2.08. The second-order valence-corrected chi connectivity index (χ2v) is 3.34. The first kappa shape index (κ1) is 12.3. The highest BCUT2D eigenvalue weighted by atomic mass is 35.5. The van der Waals surface area contributed by atoms with Gasteiger partial charge in [-0.05, 0) is 6.92 Å². The highest BCUT2D eigenvalue weighted by Crippen LogP contribution is 2.14. The Morgan fingerprint density at radius 2 is 2.13 bits per heavy atom. The van der Waals surface area contributed by atoms with E-state index in [1.807, 2.05) is 6.92 Å². The number of aromatic nitrogens is 2. The highest BCUT2D eigenvalue weighted by Gasteiger charge is 2.01. The van der Waals surface area contributed by atoms with Crippen LogP contribution < -0.4 is 5.73 Å². The lowest BCUT2D eigenvalue weighted by Crippen LogP contribution is -2.10. The Balaban J connectivity index is 2.10. The van der Waals surface area contributed by atoms with Gasteiger partial charge in [0.25, 0.3) is 0 Å². The normalized spacial score (nSPS) is 10.8. The molecule has 0 saturated carbocycles. The highest BCUT2D eigenvalue weighted by molar-refractivity contribution is 6.32. The first-order valence-electron chi connectivity index (χ1n) is 4.88. The maximum absolute atomic E-state index is 5.74. The smallest absolute Gasteiger partial charge is 0.164 e. The van der Waals surface area contributed by atoms with Crippen molar-refractivity contribution in [1.82, 2.24) is 9.78 Å². The monoisotopic (exact) mass is 233 g/mol. The quantitative estimate of drug-likeness (QED) is 0.719. The van der Waals surface area contributed by atoms with Gasteiger partial charge in [0, 0.05) is 12.8 Å². The predicted octanol–water partition coefficient (Wildman–Crippen LogP) is 1.17. The van der Waals surface area contributed by atoms with Crippen molar-refractivity contribution in [3.63, 3.8) is 0 Å². The largest absolute Gasteiger partial charge is 0.381 e. The van der Waals surface area contributed by atoms with Crippen LogP contribution in [0.1, 0.15) is 6.92 Å². The van der Waals surface area contributed by atoms with Gasteiger partial charge in [0.2, 0.25) is 0 Å². The summed E-state index contributed by atoms with van der Waals surface area (Å²) in [5, 5.41) is 4.47. The van der Waals surface area contributed by atoms with E-state index in [0.717, 1.165) is 0 Å². The van der Waals surface area contributed by atoms with E-state index in [9.17, 15) is 0 Å². The lowest BCUT2D eigenvalue weighted by molar-refractivity contribution is 0.0488. The summed E-state index contributed by atoms with van der Waals surface area (Å²) in [6.45, 7) is 5.10. The Morgan fingerprint density at radius 3 is 2.73 bits per heavy atom. The number of anilines is 1. The Hall–Kier alpha value is -0.780. The molecule has 1 heterocycles. The van der Waals surface area contributed by atoms with Gasteiger partial charge in [-0.1, -0.05) is 11.6 Å². The van der Waals surface area contributed by atoms with Gasteiger partial charge in [0.1, 0.15) is 5.02 Å². The third-order valence-electron chi connectivity index (χ3n) is 1.78. The summed E-state index contributed by atoms with van der Waals surface area (Å²) in [6.07, 6.45) is 1.68. The lowest BCUT2D eigenvalue weighted by Gasteiger charge is -2.04. The van der Waals surface area contributed by atoms with Crippen LogP contribution in [0.5, 0.6) is 0 Å². The van der Waals surface area contributed by atoms with Crippen molar-refractivity contribution in [2.45, 2.75) is 13.5 Å². The average Bonchev–Trinajstić information content (AvgIpc) is 2.52. The van der Waals surface area contributed by atoms with Crippen LogP contribution in [0.4, 0.5) is 5.82 Å². The molecule has 0 radical (unpaired) electrons. The maximum Gasteiger partial charge on any atom is 0.164 e. The molecule has 0 unspecified atom stereocenters. The molecule has 0 spiro atoms. The van der Waals surface area contributed by atoms with E-state index in [1.165, 1.54) is 0 Å². The molecule has 1 aromatic rings. The topological polar surface area (TPSA) is 62.3 Å². The summed E-state index contributed by atoms with van der Waals surface area (Å²) in [5.74, 6) is 0.353. The summed E-state index contributed by atoms with van der Waals surface area (Å²) < 4.78 is 12.1. The molecule has 0 aliphatic carbocycles. The van der Waals surface area contributed by atoms with E-state index >= 15 is 0 Å². The van der Waals surface area contributed by atoms with Gasteiger partial charge in [-0.2, -0.15) is 5.10 Å². The van der Waals surface area contributed by atoms with Crippen molar-refractivity contribution in [3.8, 4) is 0 Å². The minimum Gasteiger partial charge on any atom is -0.381 e. The zero-order chi connectivity index (χ0) is 11.1. The number of nitrogens with zero attached hydrogens (tertiary/aromatic N) is 2. The molecule has 0 amide bonds. The maximum atomic E-state index is 5.74. The molecule has 0 aromatic carbocycles. The number of nitrogen functional groups attached to an aromatic ring is 1. The fourth-order valence-electron chi connectivity index (χ4n) is 1.05. The third kappa shape index (κ3) is 4.51. The van der Waals surface area contributed by atoms with Crippen LogP contribution in [0, 0.1) is 0 Å². The van der Waals surface area contributed by atoms with Crippen molar-refractivity contribution in [1.29, 1.82) is 0 Å². The molecule has 15 heavy (non-hydrogen) atoms. The molecule has 0 bridgehead atoms. The van der Waals surface area contributed by atoms with Crippen LogP contribution in [0.15, 0.2) is 6.20 Å². The van der Waals surface area contributed by atoms with Gasteiger partial charge in [0.05, 0.1) is 26.4 Å². The van der Waals surface area contributed by atoms with E-state index in [-0.39, 0.29) is 0 Å². The van der Waals surface area contributed by atoms with Crippen LogP contribution in [0.3, 0.4) is 0 Å². The minimum absolute atomic E-state index is 0.353. The summed E-state index contributed by atoms with van der Waals surface area (Å²) in [6, 6.07) is 0. The van der Waals surface area contributed by atoms with E-state index in [4.69, 9.17) is 26.8 Å². The zero-order valence-corrected chi connectivity index (χ0v) is 9.54. The summed E-state index contributed by atoms with van der Waals surface area (Å²) in [5.41, 5.74) is 5.49. The van der Waals surface area contributed by atoms with Crippen LogP contribution in [0.25, 0.3) is 0 Å². The molecule has 5 nitrogen and oxygen atoms in total. The van der Waals surface area contributed by atoms with E-state index in [0.29, 0.717) is 43.8 Å². The molecule has 2 N–H and O–H groups in total. The lowest BCUT2D eigenvalue weighted by atomic mass is 10.6. The Morgan fingerprint density at radius 1 is 1.40 bits per heavy atom. The molecule has 1 aromatic heterocycles. The van der Waals surface area contributed by atoms with Gasteiger partial charge in [-0.3, -0.25) is 4.68 Å². The average molecular weight is 234 g/mol. The van der Waals surface area contributed by atoms with Crippen LogP contribution in [-0.4, -0.2) is 36.2 Å². The number of rotatable bonds is 7. The van der Waals surface area contributed by atoms with Gasteiger partial charge in [-0.25, -0.2) is 0 Å². The van der Waals surface area contributed by atoms with Crippen LogP contribution in [0.2, 0.25) is 5.02 Å². The van der Waals surface area contributed by atoms with E-state index < -0.39 is 0 Å². The van der Waals surface area contributed by atoms with Gasteiger partial charge < -0.3 is 15.2 Å². The zero-order valence-electron chi connectivity index (χ0n) is 8.78. The summed E-state index contributed by atoms with van der Waals surface area (Å²) in [4.78, 5) is 0. The van der Waals surface area contributed by atoms with Gasteiger partial charge in [0.15, 0.2) is 5.82 Å². The molecular weight excluding hydrogens is 218 g/mol. The summed E-state index contributed by atoms with van der Waals surface area (Å²) >= 11 is 5.74. The Labute approximate surface area is 94.1 Å². The Kier molecular flexibility index (Phi) is 5.45. The van der Waals surface area contributed by atoms with Crippen molar-refractivity contribution >= 4 is 17.4 Å². The molecule has 0 atom stereocenters. The van der Waals surface area contributed by atoms with Crippen LogP contribution >= 0.6 is 11.6 Å². The van der Waals surface area contributed by atoms with Crippen molar-refractivity contribution in [2.75, 3.05) is 32.2 Å². The SMILES string of the molecule is CCOCCOCCn1cc(Cl)c(N)n1. The first-order valence-corrected chi connectivity index (χ1v) is 5.25.